The van der Waals surface area contributed by atoms with Gasteiger partial charge in [0, 0.05) is 89.3 Å². The lowest BCUT2D eigenvalue weighted by atomic mass is 10.2. The van der Waals surface area contributed by atoms with Gasteiger partial charge in [-0.05, 0) is 24.3 Å². The molecule has 0 saturated carbocycles. The Kier molecular flexibility index (Phi) is 16.2. The molecule has 15 nitrogen and oxygen atoms in total. The molecule has 6 rings (SSSR count). The van der Waals surface area contributed by atoms with E-state index in [4.69, 9.17) is 61.6 Å². The van der Waals surface area contributed by atoms with E-state index < -0.39 is 52.1 Å². The third-order valence-electron chi connectivity index (χ3n) is 10.1. The Labute approximate surface area is 377 Å². The van der Waals surface area contributed by atoms with Crippen LogP contribution in [0.25, 0.3) is 0 Å². The molecule has 63 heavy (non-hydrogen) atoms. The molecule has 344 valence electrons. The summed E-state index contributed by atoms with van der Waals surface area (Å²) in [5, 5.41) is 9.16. The van der Waals surface area contributed by atoms with E-state index in [1.807, 2.05) is 18.2 Å². The minimum Gasteiger partial charge on any atom is -0.495 e. The fourth-order valence-electron chi connectivity index (χ4n) is 6.72. The standard InChI is InChI=1S/C20H22Cl2F3N5O3.C18H20Cl2F3N5O2/c1-12(31)26-10-15-18(22)19(20(23,24)25)27-30(15)11-17(32)29-7-5-28(6-8-29)13-3-4-14(21)16(9-13)33-2;1-30-14-8-11(2-3-12(14)19)26-4-6-27(7-5-26)15(29)10-28-13(9-24)16(20)17(25-28)18(21,22)23/h3-4,9H,5-8,10-11H2,1-2H3,(H,26,31);2-3,8H,4-7,9-10,24H2,1H3. The van der Waals surface area contributed by atoms with Gasteiger partial charge in [-0.2, -0.15) is 36.5 Å². The third kappa shape index (κ3) is 12.0. The average molecular weight is 975 g/mol. The van der Waals surface area contributed by atoms with Gasteiger partial charge in [0.1, 0.15) is 24.6 Å². The summed E-state index contributed by atoms with van der Waals surface area (Å²) < 4.78 is 91.2. The lowest BCUT2D eigenvalue weighted by molar-refractivity contribution is -0.142. The van der Waals surface area contributed by atoms with Gasteiger partial charge in [-0.25, -0.2) is 0 Å². The van der Waals surface area contributed by atoms with Gasteiger partial charge in [0.25, 0.3) is 0 Å². The summed E-state index contributed by atoms with van der Waals surface area (Å²) in [6.45, 7) is 3.56. The van der Waals surface area contributed by atoms with Crippen molar-refractivity contribution in [2.24, 2.45) is 5.73 Å². The number of ether oxygens (including phenoxy) is 2. The van der Waals surface area contributed by atoms with E-state index in [0.717, 1.165) is 20.7 Å². The van der Waals surface area contributed by atoms with E-state index >= 15 is 0 Å². The van der Waals surface area contributed by atoms with Crippen LogP contribution in [0.1, 0.15) is 29.7 Å². The summed E-state index contributed by atoms with van der Waals surface area (Å²) >= 11 is 23.8. The number of nitrogens with zero attached hydrogens (tertiary/aromatic N) is 8. The zero-order valence-corrected chi connectivity index (χ0v) is 36.9. The zero-order valence-electron chi connectivity index (χ0n) is 33.9. The molecule has 2 aliphatic heterocycles. The first-order chi connectivity index (χ1) is 29.7. The SMILES string of the molecule is COc1cc(N2CCN(C(=O)Cn3nc(C(F)(F)F)c(Cl)c3CN)CC2)ccc1Cl.COc1cc(N2CCN(C(=O)Cn3nc(C(F)(F)F)c(Cl)c3CNC(C)=O)CC2)ccc1Cl. The van der Waals surface area contributed by atoms with E-state index in [0.29, 0.717) is 73.9 Å². The number of carbonyl (C=O) groups excluding carboxylic acids is 3. The van der Waals surface area contributed by atoms with Crippen molar-refractivity contribution in [3.8, 4) is 11.5 Å². The van der Waals surface area contributed by atoms with Crippen molar-refractivity contribution in [1.29, 1.82) is 0 Å². The normalized spacial score (nSPS) is 14.6. The number of nitrogens with two attached hydrogens (primary N) is 1. The maximum atomic E-state index is 13.3. The van der Waals surface area contributed by atoms with Crippen molar-refractivity contribution in [3.63, 3.8) is 0 Å². The average Bonchev–Trinajstić information content (AvgIpc) is 3.74. The molecule has 2 aromatic heterocycles. The first-order valence-corrected chi connectivity index (χ1v) is 20.5. The number of carbonyl (C=O) groups is 3. The van der Waals surface area contributed by atoms with Gasteiger partial charge < -0.3 is 40.1 Å². The first kappa shape index (κ1) is 49.2. The molecule has 0 atom stereocenters. The fraction of sp³-hybridized carbons (Fsp3) is 0.447. The second-order valence-corrected chi connectivity index (χ2v) is 15.6. The highest BCUT2D eigenvalue weighted by molar-refractivity contribution is 6.33. The van der Waals surface area contributed by atoms with Gasteiger partial charge in [-0.1, -0.05) is 46.4 Å². The van der Waals surface area contributed by atoms with Crippen molar-refractivity contribution < 1.29 is 50.2 Å². The predicted octanol–water partition coefficient (Wildman–Crippen LogP) is 6.23. The number of hydrogen-bond donors (Lipinski definition) is 2. The number of benzene rings is 2. The van der Waals surface area contributed by atoms with Gasteiger partial charge >= 0.3 is 12.4 Å². The summed E-state index contributed by atoms with van der Waals surface area (Å²) in [7, 11) is 3.05. The second-order valence-electron chi connectivity index (χ2n) is 14.0. The number of amides is 3. The lowest BCUT2D eigenvalue weighted by Crippen LogP contribution is -2.49. The van der Waals surface area contributed by atoms with Crippen LogP contribution in [-0.4, -0.2) is 114 Å². The van der Waals surface area contributed by atoms with Crippen LogP contribution in [0.2, 0.25) is 20.1 Å². The molecule has 25 heteroatoms. The zero-order chi connectivity index (χ0) is 46.4. The van der Waals surface area contributed by atoms with Gasteiger partial charge in [0.2, 0.25) is 17.7 Å². The molecule has 2 aliphatic rings. The Morgan fingerprint density at radius 3 is 1.40 bits per heavy atom. The Morgan fingerprint density at radius 1 is 0.667 bits per heavy atom. The molecule has 0 bridgehead atoms. The molecular weight excluding hydrogens is 932 g/mol. The van der Waals surface area contributed by atoms with Gasteiger partial charge in [-0.15, -0.1) is 0 Å². The summed E-state index contributed by atoms with van der Waals surface area (Å²) in [4.78, 5) is 43.9. The van der Waals surface area contributed by atoms with Crippen LogP contribution in [-0.2, 0) is 52.9 Å². The van der Waals surface area contributed by atoms with Crippen molar-refractivity contribution >= 4 is 75.5 Å². The minimum absolute atomic E-state index is 0.0239. The van der Waals surface area contributed by atoms with E-state index in [-0.39, 0.29) is 36.9 Å². The molecular formula is C38H42Cl4F6N10O5. The lowest BCUT2D eigenvalue weighted by Gasteiger charge is -2.36. The van der Waals surface area contributed by atoms with Crippen LogP contribution in [0.3, 0.4) is 0 Å². The number of nitrogens with one attached hydrogen (secondary N) is 1. The molecule has 0 radical (unpaired) electrons. The fourth-order valence-corrected chi connectivity index (χ4v) is 7.74. The molecule has 3 amide bonds. The number of anilines is 2. The van der Waals surface area contributed by atoms with E-state index in [2.05, 4.69) is 25.3 Å². The Hall–Kier alpha value is -4.83. The molecule has 0 spiro atoms. The van der Waals surface area contributed by atoms with Crippen LogP contribution < -0.4 is 30.3 Å². The number of aromatic nitrogens is 4. The van der Waals surface area contributed by atoms with Crippen molar-refractivity contribution in [2.75, 3.05) is 76.4 Å². The Bertz CT molecular complexity index is 2280. The van der Waals surface area contributed by atoms with Crippen molar-refractivity contribution in [1.82, 2.24) is 34.7 Å². The molecule has 2 aromatic carbocycles. The Morgan fingerprint density at radius 2 is 1.05 bits per heavy atom. The van der Waals surface area contributed by atoms with E-state index in [1.54, 1.807) is 28.0 Å². The highest BCUT2D eigenvalue weighted by Crippen LogP contribution is 2.37. The highest BCUT2D eigenvalue weighted by Gasteiger charge is 2.40. The quantitative estimate of drug-likeness (QED) is 0.166. The van der Waals surface area contributed by atoms with Gasteiger partial charge in [-0.3, -0.25) is 23.7 Å². The summed E-state index contributed by atoms with van der Waals surface area (Å²) in [6, 6.07) is 10.8. The Balaban J connectivity index is 0.000000239. The number of piperazine rings is 2. The van der Waals surface area contributed by atoms with Crippen LogP contribution in [0.15, 0.2) is 36.4 Å². The molecule has 0 unspecified atom stereocenters. The van der Waals surface area contributed by atoms with Crippen LogP contribution in [0.4, 0.5) is 37.7 Å². The van der Waals surface area contributed by atoms with Crippen LogP contribution in [0.5, 0.6) is 11.5 Å². The topological polar surface area (TPSA) is 156 Å². The first-order valence-electron chi connectivity index (χ1n) is 19.0. The van der Waals surface area contributed by atoms with Gasteiger partial charge in [0.05, 0.1) is 52.2 Å². The molecule has 4 aromatic rings. The maximum absolute atomic E-state index is 13.3. The molecule has 3 N–H and O–H groups in total. The molecule has 4 heterocycles. The van der Waals surface area contributed by atoms with Crippen molar-refractivity contribution in [2.45, 2.75) is 45.5 Å². The smallest absolute Gasteiger partial charge is 0.436 e. The minimum atomic E-state index is -4.79. The van der Waals surface area contributed by atoms with Gasteiger partial charge in [0.15, 0.2) is 11.4 Å². The number of hydrogen-bond acceptors (Lipinski definition) is 10. The number of methoxy groups -OCH3 is 2. The van der Waals surface area contributed by atoms with Crippen LogP contribution in [0, 0.1) is 0 Å². The third-order valence-corrected chi connectivity index (χ3v) is 11.5. The summed E-state index contributed by atoms with van der Waals surface area (Å²) in [5.74, 6) is -0.117. The molecule has 2 fully saturated rings. The largest absolute Gasteiger partial charge is 0.495 e. The number of halogens is 10. The molecule has 2 saturated heterocycles. The summed E-state index contributed by atoms with van der Waals surface area (Å²) in [6.07, 6.45) is -9.51. The second kappa shape index (κ2) is 20.8. The summed E-state index contributed by atoms with van der Waals surface area (Å²) in [5.41, 5.74) is 4.67. The predicted molar refractivity (Wildman–Crippen MR) is 223 cm³/mol. The number of alkyl halides is 6. The van der Waals surface area contributed by atoms with Crippen LogP contribution >= 0.6 is 46.4 Å². The number of rotatable bonds is 11. The van der Waals surface area contributed by atoms with E-state index in [9.17, 15) is 40.7 Å². The van der Waals surface area contributed by atoms with E-state index in [1.165, 1.54) is 21.1 Å². The highest BCUT2D eigenvalue weighted by atomic mass is 35.5. The molecule has 0 aliphatic carbocycles. The van der Waals surface area contributed by atoms with Crippen molar-refractivity contribution in [3.05, 3.63) is 79.3 Å². The monoisotopic (exact) mass is 972 g/mol. The maximum Gasteiger partial charge on any atom is 0.436 e.